The number of nitrogens with two attached hydrogens (primary N) is 1. The maximum atomic E-state index is 5.55. The summed E-state index contributed by atoms with van der Waals surface area (Å²) in [5.74, 6) is 0.744. The Morgan fingerprint density at radius 1 is 1.26 bits per heavy atom. The molecule has 0 radical (unpaired) electrons. The molecule has 0 aromatic carbocycles. The van der Waals surface area contributed by atoms with Crippen LogP contribution in [-0.2, 0) is 6.54 Å². The number of pyridine rings is 1. The van der Waals surface area contributed by atoms with Crippen molar-refractivity contribution in [2.75, 3.05) is 46.4 Å². The van der Waals surface area contributed by atoms with Crippen molar-refractivity contribution in [1.82, 2.24) is 14.8 Å². The van der Waals surface area contributed by atoms with Gasteiger partial charge < -0.3 is 15.4 Å². The van der Waals surface area contributed by atoms with Crippen LogP contribution in [0, 0.1) is 0 Å². The van der Waals surface area contributed by atoms with Gasteiger partial charge in [-0.25, -0.2) is 4.98 Å². The number of methoxy groups -OCH3 is 1. The standard InChI is InChI=1S/C14H24N4O/c1-19-14-13(4-2-6-16-14)12-18-10-8-17(9-11-18)7-3-5-15/h2,4,6H,3,5,7-12,15H2,1H3. The molecule has 0 amide bonds. The van der Waals surface area contributed by atoms with Gasteiger partial charge in [-0.05, 0) is 25.6 Å². The molecular weight excluding hydrogens is 240 g/mol. The van der Waals surface area contributed by atoms with Crippen molar-refractivity contribution in [3.63, 3.8) is 0 Å². The topological polar surface area (TPSA) is 54.6 Å². The maximum Gasteiger partial charge on any atom is 0.217 e. The second-order valence-corrected chi connectivity index (χ2v) is 4.93. The van der Waals surface area contributed by atoms with E-state index in [1.807, 2.05) is 6.07 Å². The van der Waals surface area contributed by atoms with E-state index < -0.39 is 0 Å². The minimum atomic E-state index is 0.744. The molecule has 1 aliphatic rings. The second kappa shape index (κ2) is 7.43. The first kappa shape index (κ1) is 14.2. The fraction of sp³-hybridized carbons (Fsp3) is 0.643. The van der Waals surface area contributed by atoms with Crippen LogP contribution in [0.15, 0.2) is 18.3 Å². The lowest BCUT2D eigenvalue weighted by Crippen LogP contribution is -2.46. The first-order valence-electron chi connectivity index (χ1n) is 6.96. The Labute approximate surface area is 115 Å². The molecule has 0 spiro atoms. The summed E-state index contributed by atoms with van der Waals surface area (Å²) in [7, 11) is 1.68. The van der Waals surface area contributed by atoms with Crippen molar-refractivity contribution in [3.05, 3.63) is 23.9 Å². The number of nitrogens with zero attached hydrogens (tertiary/aromatic N) is 3. The fourth-order valence-corrected chi connectivity index (χ4v) is 2.46. The molecule has 2 N–H and O–H groups in total. The third-order valence-corrected chi connectivity index (χ3v) is 3.58. The van der Waals surface area contributed by atoms with Crippen molar-refractivity contribution >= 4 is 0 Å². The van der Waals surface area contributed by atoms with Crippen LogP contribution in [0.25, 0.3) is 0 Å². The smallest absolute Gasteiger partial charge is 0.217 e. The lowest BCUT2D eigenvalue weighted by Gasteiger charge is -2.34. The summed E-state index contributed by atoms with van der Waals surface area (Å²) in [6.45, 7) is 7.28. The summed E-state index contributed by atoms with van der Waals surface area (Å²) in [6, 6.07) is 4.06. The number of aromatic nitrogens is 1. The third kappa shape index (κ3) is 4.16. The number of ether oxygens (including phenoxy) is 1. The van der Waals surface area contributed by atoms with E-state index in [2.05, 4.69) is 20.9 Å². The molecule has 1 aromatic rings. The maximum absolute atomic E-state index is 5.55. The summed E-state index contributed by atoms with van der Waals surface area (Å²) >= 11 is 0. The molecule has 0 saturated carbocycles. The van der Waals surface area contributed by atoms with Crippen LogP contribution >= 0.6 is 0 Å². The summed E-state index contributed by atoms with van der Waals surface area (Å²) in [6.07, 6.45) is 2.86. The lowest BCUT2D eigenvalue weighted by atomic mass is 10.2. The molecule has 1 saturated heterocycles. The number of rotatable bonds is 6. The van der Waals surface area contributed by atoms with Crippen LogP contribution in [0.1, 0.15) is 12.0 Å². The summed E-state index contributed by atoms with van der Waals surface area (Å²) < 4.78 is 5.30. The van der Waals surface area contributed by atoms with E-state index in [1.54, 1.807) is 13.3 Å². The third-order valence-electron chi connectivity index (χ3n) is 3.58. The van der Waals surface area contributed by atoms with Crippen LogP contribution in [0.3, 0.4) is 0 Å². The Hall–Kier alpha value is -1.17. The zero-order chi connectivity index (χ0) is 13.5. The van der Waals surface area contributed by atoms with Crippen molar-refractivity contribution in [3.8, 4) is 5.88 Å². The van der Waals surface area contributed by atoms with Crippen molar-refractivity contribution in [2.45, 2.75) is 13.0 Å². The summed E-state index contributed by atoms with van der Waals surface area (Å²) in [5, 5.41) is 0. The molecule has 0 atom stereocenters. The minimum Gasteiger partial charge on any atom is -0.481 e. The number of hydrogen-bond donors (Lipinski definition) is 1. The molecule has 19 heavy (non-hydrogen) atoms. The zero-order valence-electron chi connectivity index (χ0n) is 11.7. The number of piperazine rings is 1. The van der Waals surface area contributed by atoms with Gasteiger partial charge in [0.05, 0.1) is 7.11 Å². The van der Waals surface area contributed by atoms with Gasteiger partial charge in [0.1, 0.15) is 0 Å². The monoisotopic (exact) mass is 264 g/mol. The molecule has 2 rings (SSSR count). The van der Waals surface area contributed by atoms with Gasteiger partial charge in [-0.3, -0.25) is 4.90 Å². The quantitative estimate of drug-likeness (QED) is 0.813. The molecular formula is C14H24N4O. The highest BCUT2D eigenvalue weighted by Crippen LogP contribution is 2.17. The Morgan fingerprint density at radius 2 is 2.00 bits per heavy atom. The van der Waals surface area contributed by atoms with E-state index in [0.29, 0.717) is 0 Å². The first-order chi connectivity index (χ1) is 9.33. The normalized spacial score (nSPS) is 17.6. The van der Waals surface area contributed by atoms with Crippen LogP contribution in [0.4, 0.5) is 0 Å². The van der Waals surface area contributed by atoms with E-state index in [-0.39, 0.29) is 0 Å². The van der Waals surface area contributed by atoms with E-state index in [4.69, 9.17) is 10.5 Å². The molecule has 5 heteroatoms. The molecule has 1 aliphatic heterocycles. The van der Waals surface area contributed by atoms with Crippen LogP contribution in [0.5, 0.6) is 5.88 Å². The van der Waals surface area contributed by atoms with Crippen LogP contribution in [-0.4, -0.2) is 61.2 Å². The number of hydrogen-bond acceptors (Lipinski definition) is 5. The highest BCUT2D eigenvalue weighted by atomic mass is 16.5. The van der Waals surface area contributed by atoms with Crippen molar-refractivity contribution in [1.29, 1.82) is 0 Å². The Bertz CT molecular complexity index is 377. The molecule has 0 aliphatic carbocycles. The second-order valence-electron chi connectivity index (χ2n) is 4.93. The predicted octanol–water partition coefficient (Wildman–Crippen LogP) is 0.557. The minimum absolute atomic E-state index is 0.744. The van der Waals surface area contributed by atoms with Gasteiger partial charge in [-0.1, -0.05) is 6.07 Å². The van der Waals surface area contributed by atoms with E-state index >= 15 is 0 Å². The molecule has 1 aromatic heterocycles. The van der Waals surface area contributed by atoms with Crippen LogP contribution in [0.2, 0.25) is 0 Å². The average molecular weight is 264 g/mol. The molecule has 1 fully saturated rings. The zero-order valence-corrected chi connectivity index (χ0v) is 11.7. The van der Waals surface area contributed by atoms with E-state index in [1.165, 1.54) is 5.56 Å². The lowest BCUT2D eigenvalue weighted by molar-refractivity contribution is 0.126. The average Bonchev–Trinajstić information content (AvgIpc) is 2.47. The van der Waals surface area contributed by atoms with Crippen LogP contribution < -0.4 is 10.5 Å². The van der Waals surface area contributed by atoms with Gasteiger partial charge in [0.25, 0.3) is 0 Å². The van der Waals surface area contributed by atoms with Gasteiger partial charge in [0.15, 0.2) is 0 Å². The molecule has 0 bridgehead atoms. The molecule has 5 nitrogen and oxygen atoms in total. The molecule has 0 unspecified atom stereocenters. The summed E-state index contributed by atoms with van der Waals surface area (Å²) in [4.78, 5) is 9.19. The predicted molar refractivity (Wildman–Crippen MR) is 76.2 cm³/mol. The van der Waals surface area contributed by atoms with Gasteiger partial charge >= 0.3 is 0 Å². The van der Waals surface area contributed by atoms with Crippen molar-refractivity contribution < 1.29 is 4.74 Å². The Kier molecular flexibility index (Phi) is 5.57. The SMILES string of the molecule is COc1ncccc1CN1CCN(CCCN)CC1. The van der Waals surface area contributed by atoms with Gasteiger partial charge in [-0.2, -0.15) is 0 Å². The molecule has 106 valence electrons. The van der Waals surface area contributed by atoms with E-state index in [9.17, 15) is 0 Å². The highest BCUT2D eigenvalue weighted by molar-refractivity contribution is 5.25. The van der Waals surface area contributed by atoms with E-state index in [0.717, 1.165) is 58.1 Å². The van der Waals surface area contributed by atoms with Gasteiger partial charge in [0, 0.05) is 44.5 Å². The van der Waals surface area contributed by atoms with Gasteiger partial charge in [0.2, 0.25) is 5.88 Å². The fourth-order valence-electron chi connectivity index (χ4n) is 2.46. The van der Waals surface area contributed by atoms with Crippen molar-refractivity contribution in [2.24, 2.45) is 5.73 Å². The molecule has 2 heterocycles. The Balaban J connectivity index is 1.82. The Morgan fingerprint density at radius 3 is 2.68 bits per heavy atom. The first-order valence-corrected chi connectivity index (χ1v) is 6.96. The van der Waals surface area contributed by atoms with Gasteiger partial charge in [-0.15, -0.1) is 0 Å². The highest BCUT2D eigenvalue weighted by Gasteiger charge is 2.17. The summed E-state index contributed by atoms with van der Waals surface area (Å²) in [5.41, 5.74) is 6.72. The largest absolute Gasteiger partial charge is 0.481 e.